The van der Waals surface area contributed by atoms with Gasteiger partial charge in [-0.05, 0) is 30.7 Å². The van der Waals surface area contributed by atoms with Crippen LogP contribution in [0.25, 0.3) is 0 Å². The van der Waals surface area contributed by atoms with Crippen LogP contribution in [0.2, 0.25) is 0 Å². The third-order valence-electron chi connectivity index (χ3n) is 1.73. The number of ether oxygens (including phenoxy) is 1. The Hall–Kier alpha value is -1.69. The molecular weight excluding hydrogens is 230 g/mol. The Morgan fingerprint density at radius 1 is 1.31 bits per heavy atom. The number of carbonyl (C=O) groups excluding carboxylic acids is 1. The number of hydrogen-bond acceptors (Lipinski definition) is 4. The predicted molar refractivity (Wildman–Crippen MR) is 57.9 cm³/mol. The van der Waals surface area contributed by atoms with Gasteiger partial charge in [-0.2, -0.15) is 8.42 Å². The fourth-order valence-electron chi connectivity index (χ4n) is 1.03. The van der Waals surface area contributed by atoms with Crippen molar-refractivity contribution in [1.82, 2.24) is 0 Å². The summed E-state index contributed by atoms with van der Waals surface area (Å²) < 4.78 is 28.5. The maximum Gasteiger partial charge on any atom is 0.319 e. The summed E-state index contributed by atoms with van der Waals surface area (Å²) in [5.74, 6) is -0.142. The minimum Gasteiger partial charge on any atom is -0.494 e. The van der Waals surface area contributed by atoms with Crippen LogP contribution in [0, 0.1) is 0 Å². The molecule has 0 saturated carbocycles. The normalized spacial score (nSPS) is 9.56. The van der Waals surface area contributed by atoms with Gasteiger partial charge in [0.2, 0.25) is 0 Å². The van der Waals surface area contributed by atoms with Gasteiger partial charge < -0.3 is 4.74 Å². The lowest BCUT2D eigenvalue weighted by Crippen LogP contribution is -1.97. The molecule has 1 aromatic rings. The first kappa shape index (κ1) is 12.4. The first-order valence-electron chi connectivity index (χ1n) is 4.71. The number of amides is 1. The first-order valence-corrected chi connectivity index (χ1v) is 5.75. The Kier molecular flexibility index (Phi) is 4.65. The van der Waals surface area contributed by atoms with Crippen molar-refractivity contribution < 1.29 is 17.9 Å². The number of carbonyl (C=O) groups is 1. The molecule has 0 aliphatic rings. The van der Waals surface area contributed by atoms with Gasteiger partial charge in [0.05, 0.1) is 6.61 Å². The summed E-state index contributed by atoms with van der Waals surface area (Å²) in [6, 6.07) is 6.16. The van der Waals surface area contributed by atoms with Crippen LogP contribution in [-0.4, -0.2) is 20.9 Å². The number of benzene rings is 1. The second-order valence-corrected chi connectivity index (χ2v) is 3.60. The van der Waals surface area contributed by atoms with Crippen LogP contribution in [0.1, 0.15) is 23.7 Å². The van der Waals surface area contributed by atoms with Gasteiger partial charge in [0.1, 0.15) is 5.75 Å². The second-order valence-electron chi connectivity index (χ2n) is 2.99. The molecule has 0 unspecified atom stereocenters. The average Bonchev–Trinajstić information content (AvgIpc) is 2.26. The third-order valence-corrected chi connectivity index (χ3v) is 2.05. The minimum atomic E-state index is -2.71. The van der Waals surface area contributed by atoms with Gasteiger partial charge in [-0.1, -0.05) is 11.3 Å². The topological polar surface area (TPSA) is 72.8 Å². The fourth-order valence-corrected chi connectivity index (χ4v) is 1.27. The van der Waals surface area contributed by atoms with Crippen molar-refractivity contribution in [2.75, 3.05) is 6.61 Å². The van der Waals surface area contributed by atoms with E-state index in [0.29, 0.717) is 12.4 Å². The fraction of sp³-hybridized carbons (Fsp3) is 0.300. The van der Waals surface area contributed by atoms with Gasteiger partial charge in [0.15, 0.2) is 0 Å². The lowest BCUT2D eigenvalue weighted by molar-refractivity contribution is 0.100. The molecule has 0 bridgehead atoms. The summed E-state index contributed by atoms with van der Waals surface area (Å²) in [4.78, 5) is 11.2. The summed E-state index contributed by atoms with van der Waals surface area (Å²) in [6.45, 7) is 2.59. The quantitative estimate of drug-likeness (QED) is 0.803. The van der Waals surface area contributed by atoms with Crippen molar-refractivity contribution in [3.05, 3.63) is 29.8 Å². The van der Waals surface area contributed by atoms with E-state index in [1.165, 1.54) is 12.1 Å². The molecule has 0 saturated heterocycles. The van der Waals surface area contributed by atoms with Crippen molar-refractivity contribution in [2.24, 2.45) is 4.36 Å². The second kappa shape index (κ2) is 6.02. The highest BCUT2D eigenvalue weighted by atomic mass is 32.2. The molecule has 1 amide bonds. The molecule has 0 spiro atoms. The lowest BCUT2D eigenvalue weighted by Gasteiger charge is -2.03. The van der Waals surface area contributed by atoms with Crippen LogP contribution in [0.4, 0.5) is 0 Å². The Bertz CT molecular complexity index is 482. The highest BCUT2D eigenvalue weighted by Crippen LogP contribution is 2.13. The van der Waals surface area contributed by atoms with Gasteiger partial charge in [-0.25, -0.2) is 0 Å². The summed E-state index contributed by atoms with van der Waals surface area (Å²) in [5.41, 5.74) is 0.216. The number of hydrogen-bond donors (Lipinski definition) is 0. The monoisotopic (exact) mass is 241 g/mol. The van der Waals surface area contributed by atoms with E-state index in [0.717, 1.165) is 6.42 Å². The molecule has 16 heavy (non-hydrogen) atoms. The molecule has 1 rings (SSSR count). The Morgan fingerprint density at radius 3 is 2.44 bits per heavy atom. The van der Waals surface area contributed by atoms with E-state index in [1.807, 2.05) is 6.92 Å². The van der Waals surface area contributed by atoms with Crippen LogP contribution in [-0.2, 0) is 10.5 Å². The van der Waals surface area contributed by atoms with Crippen molar-refractivity contribution in [1.29, 1.82) is 0 Å². The van der Waals surface area contributed by atoms with E-state index in [9.17, 15) is 13.2 Å². The van der Waals surface area contributed by atoms with Crippen LogP contribution < -0.4 is 4.74 Å². The van der Waals surface area contributed by atoms with Gasteiger partial charge in [-0.15, -0.1) is 0 Å². The largest absolute Gasteiger partial charge is 0.494 e. The van der Waals surface area contributed by atoms with Crippen LogP contribution in [0.3, 0.4) is 0 Å². The molecule has 6 heteroatoms. The van der Waals surface area contributed by atoms with Crippen LogP contribution in [0.15, 0.2) is 28.6 Å². The summed E-state index contributed by atoms with van der Waals surface area (Å²) >= 11 is 0. The van der Waals surface area contributed by atoms with Gasteiger partial charge in [0, 0.05) is 5.56 Å². The molecule has 1 aromatic carbocycles. The highest BCUT2D eigenvalue weighted by molar-refractivity contribution is 7.62. The van der Waals surface area contributed by atoms with E-state index >= 15 is 0 Å². The summed E-state index contributed by atoms with van der Waals surface area (Å²) in [5, 5.41) is 0. The molecule has 0 fully saturated rings. The molecule has 0 N–H and O–H groups in total. The maximum atomic E-state index is 11.2. The van der Waals surface area contributed by atoms with Crippen molar-refractivity contribution in [3.8, 4) is 5.75 Å². The smallest absolute Gasteiger partial charge is 0.319 e. The molecule has 86 valence electrons. The Labute approximate surface area is 94.8 Å². The molecular formula is C10H11NO4S. The number of nitrogens with zero attached hydrogens (tertiary/aromatic N) is 1. The van der Waals surface area contributed by atoms with Gasteiger partial charge in [0.25, 0.3) is 5.91 Å². The predicted octanol–water partition coefficient (Wildman–Crippen LogP) is 1.68. The zero-order valence-corrected chi connectivity index (χ0v) is 9.53. The van der Waals surface area contributed by atoms with Crippen LogP contribution >= 0.6 is 0 Å². The van der Waals surface area contributed by atoms with Crippen molar-refractivity contribution in [2.45, 2.75) is 13.3 Å². The average molecular weight is 241 g/mol. The standard InChI is InChI=1S/C10H11NO4S/c1-2-7-15-9-5-3-8(4-6-9)10(12)11-16(13)14/h3-6H,2,7H2,1H3. The molecule has 0 atom stereocenters. The van der Waals surface area contributed by atoms with Gasteiger partial charge >= 0.3 is 10.5 Å². The molecule has 0 aliphatic heterocycles. The molecule has 0 aromatic heterocycles. The molecule has 0 radical (unpaired) electrons. The molecule has 5 nitrogen and oxygen atoms in total. The third kappa shape index (κ3) is 3.82. The summed E-state index contributed by atoms with van der Waals surface area (Å²) in [6.07, 6.45) is 0.894. The van der Waals surface area contributed by atoms with Crippen LogP contribution in [0.5, 0.6) is 5.75 Å². The minimum absolute atomic E-state index is 0.216. The molecule has 0 aliphatic carbocycles. The Morgan fingerprint density at radius 2 is 1.94 bits per heavy atom. The summed E-state index contributed by atoms with van der Waals surface area (Å²) in [7, 11) is -2.71. The first-order chi connectivity index (χ1) is 7.63. The molecule has 0 heterocycles. The van der Waals surface area contributed by atoms with E-state index in [-0.39, 0.29) is 5.56 Å². The zero-order chi connectivity index (χ0) is 12.0. The SMILES string of the molecule is CCCOc1ccc(C(=O)N=S(=O)=O)cc1. The number of rotatable bonds is 4. The lowest BCUT2D eigenvalue weighted by atomic mass is 10.2. The van der Waals surface area contributed by atoms with Crippen molar-refractivity contribution in [3.63, 3.8) is 0 Å². The van der Waals surface area contributed by atoms with E-state index in [4.69, 9.17) is 4.74 Å². The van der Waals surface area contributed by atoms with E-state index in [1.54, 1.807) is 12.1 Å². The highest BCUT2D eigenvalue weighted by Gasteiger charge is 2.04. The zero-order valence-electron chi connectivity index (χ0n) is 8.71. The maximum absolute atomic E-state index is 11.2. The van der Waals surface area contributed by atoms with Crippen molar-refractivity contribution >= 4 is 16.4 Å². The van der Waals surface area contributed by atoms with E-state index in [2.05, 4.69) is 4.36 Å². The Balaban J connectivity index is 2.78. The van der Waals surface area contributed by atoms with E-state index < -0.39 is 16.4 Å². The van der Waals surface area contributed by atoms with Gasteiger partial charge in [-0.3, -0.25) is 4.79 Å².